The van der Waals surface area contributed by atoms with Gasteiger partial charge in [0, 0.05) is 4.90 Å². The molecule has 7 heteroatoms. The molecular formula is C10H8ClF3O2S. The van der Waals surface area contributed by atoms with E-state index in [2.05, 4.69) is 0 Å². The van der Waals surface area contributed by atoms with Crippen LogP contribution in [0.25, 0.3) is 0 Å². The molecule has 1 N–H and O–H groups in total. The number of hydrogen-bond acceptors (Lipinski definition) is 2. The van der Waals surface area contributed by atoms with E-state index in [-0.39, 0.29) is 4.90 Å². The monoisotopic (exact) mass is 284 g/mol. The van der Waals surface area contributed by atoms with Crippen molar-refractivity contribution in [1.29, 1.82) is 0 Å². The summed E-state index contributed by atoms with van der Waals surface area (Å²) < 4.78 is 37.5. The molecule has 1 aromatic carbocycles. The van der Waals surface area contributed by atoms with Crippen LogP contribution >= 0.6 is 23.4 Å². The highest BCUT2D eigenvalue weighted by molar-refractivity contribution is 8.00. The zero-order valence-corrected chi connectivity index (χ0v) is 10.2. The minimum atomic E-state index is -4.54. The molecule has 0 saturated heterocycles. The summed E-state index contributed by atoms with van der Waals surface area (Å²) in [7, 11) is 0. The first-order valence-electron chi connectivity index (χ1n) is 4.48. The number of carboxylic acids is 1. The predicted octanol–water partition coefficient (Wildman–Crippen LogP) is 3.92. The molecule has 1 aromatic rings. The molecule has 0 radical (unpaired) electrons. The van der Waals surface area contributed by atoms with Crippen LogP contribution in [0.3, 0.4) is 0 Å². The van der Waals surface area contributed by atoms with Gasteiger partial charge in [-0.2, -0.15) is 13.2 Å². The Bertz CT molecular complexity index is 434. The Morgan fingerprint density at radius 1 is 1.47 bits per heavy atom. The van der Waals surface area contributed by atoms with E-state index in [0.717, 1.165) is 17.8 Å². The van der Waals surface area contributed by atoms with Gasteiger partial charge in [-0.3, -0.25) is 4.79 Å². The first-order valence-corrected chi connectivity index (χ1v) is 5.74. The number of halogens is 4. The lowest BCUT2D eigenvalue weighted by Crippen LogP contribution is -2.12. The number of benzene rings is 1. The van der Waals surface area contributed by atoms with Gasteiger partial charge in [0.15, 0.2) is 0 Å². The Morgan fingerprint density at radius 2 is 2.06 bits per heavy atom. The van der Waals surface area contributed by atoms with Crippen molar-refractivity contribution in [1.82, 2.24) is 0 Å². The van der Waals surface area contributed by atoms with E-state index >= 15 is 0 Å². The fourth-order valence-corrected chi connectivity index (χ4v) is 2.28. The molecular weight excluding hydrogens is 277 g/mol. The summed E-state index contributed by atoms with van der Waals surface area (Å²) in [6.07, 6.45) is -4.54. The van der Waals surface area contributed by atoms with Crippen LogP contribution in [0.2, 0.25) is 5.02 Å². The van der Waals surface area contributed by atoms with Crippen LogP contribution in [0.5, 0.6) is 0 Å². The molecule has 0 aromatic heterocycles. The fraction of sp³-hybridized carbons (Fsp3) is 0.300. The van der Waals surface area contributed by atoms with E-state index in [9.17, 15) is 18.0 Å². The van der Waals surface area contributed by atoms with Crippen LogP contribution in [0.1, 0.15) is 12.5 Å². The van der Waals surface area contributed by atoms with Crippen molar-refractivity contribution in [3.63, 3.8) is 0 Å². The van der Waals surface area contributed by atoms with Crippen LogP contribution < -0.4 is 0 Å². The third kappa shape index (κ3) is 3.54. The van der Waals surface area contributed by atoms with Crippen molar-refractivity contribution in [3.05, 3.63) is 28.8 Å². The highest BCUT2D eigenvalue weighted by Crippen LogP contribution is 2.40. The number of hydrogen-bond donors (Lipinski definition) is 1. The fourth-order valence-electron chi connectivity index (χ4n) is 1.06. The van der Waals surface area contributed by atoms with E-state index in [1.165, 1.54) is 19.1 Å². The van der Waals surface area contributed by atoms with Crippen molar-refractivity contribution >= 4 is 29.3 Å². The average Bonchev–Trinajstić information content (AvgIpc) is 2.19. The summed E-state index contributed by atoms with van der Waals surface area (Å²) in [6, 6.07) is 3.42. The molecule has 0 bridgehead atoms. The first-order chi connectivity index (χ1) is 7.73. The highest BCUT2D eigenvalue weighted by Gasteiger charge is 2.34. The van der Waals surface area contributed by atoms with Crippen molar-refractivity contribution in [2.75, 3.05) is 0 Å². The molecule has 1 unspecified atom stereocenters. The highest BCUT2D eigenvalue weighted by atomic mass is 35.5. The van der Waals surface area contributed by atoms with Gasteiger partial charge < -0.3 is 5.11 Å². The van der Waals surface area contributed by atoms with Gasteiger partial charge in [0.25, 0.3) is 0 Å². The van der Waals surface area contributed by atoms with Crippen molar-refractivity contribution in [2.24, 2.45) is 0 Å². The Labute approximate surface area is 105 Å². The van der Waals surface area contributed by atoms with Crippen molar-refractivity contribution in [3.8, 4) is 0 Å². The standard InChI is InChI=1S/C10H8ClF3O2S/c1-5(9(15)16)17-7-4-2-3-6(8(7)11)10(12,13)14/h2-5H,1H3,(H,15,16). The van der Waals surface area contributed by atoms with Gasteiger partial charge in [0.05, 0.1) is 10.6 Å². The van der Waals surface area contributed by atoms with Crippen LogP contribution in [-0.4, -0.2) is 16.3 Å². The third-order valence-electron chi connectivity index (χ3n) is 1.92. The van der Waals surface area contributed by atoms with Crippen LogP contribution in [0.15, 0.2) is 23.1 Å². The van der Waals surface area contributed by atoms with Crippen molar-refractivity contribution in [2.45, 2.75) is 23.2 Å². The first kappa shape index (κ1) is 14.2. The molecule has 0 heterocycles. The lowest BCUT2D eigenvalue weighted by atomic mass is 10.2. The minimum absolute atomic E-state index is 0.108. The van der Waals surface area contributed by atoms with Crippen LogP contribution in [0.4, 0.5) is 13.2 Å². The maximum Gasteiger partial charge on any atom is 0.417 e. The quantitative estimate of drug-likeness (QED) is 0.855. The second-order valence-corrected chi connectivity index (χ2v) is 4.97. The zero-order chi connectivity index (χ0) is 13.2. The van der Waals surface area contributed by atoms with Crippen LogP contribution in [0, 0.1) is 0 Å². The maximum absolute atomic E-state index is 12.5. The second-order valence-electron chi connectivity index (χ2n) is 3.21. The van der Waals surface area contributed by atoms with Gasteiger partial charge in [-0.1, -0.05) is 17.7 Å². The summed E-state index contributed by atoms with van der Waals surface area (Å²) in [4.78, 5) is 10.7. The number of carbonyl (C=O) groups is 1. The smallest absolute Gasteiger partial charge is 0.417 e. The number of aliphatic carboxylic acids is 1. The number of alkyl halides is 3. The zero-order valence-electron chi connectivity index (χ0n) is 8.58. The average molecular weight is 285 g/mol. The topological polar surface area (TPSA) is 37.3 Å². The van der Waals surface area contributed by atoms with Gasteiger partial charge in [-0.15, -0.1) is 11.8 Å². The molecule has 1 rings (SSSR count). The normalized spacial score (nSPS) is 13.5. The number of thioether (sulfide) groups is 1. The molecule has 0 saturated carbocycles. The summed E-state index contributed by atoms with van der Waals surface area (Å²) in [5.41, 5.74) is -0.957. The number of carboxylic acid groups (broad SMARTS) is 1. The molecule has 2 nitrogen and oxygen atoms in total. The molecule has 0 aliphatic carbocycles. The Balaban J connectivity index is 3.07. The lowest BCUT2D eigenvalue weighted by molar-refractivity contribution is -0.137. The molecule has 0 fully saturated rings. The van der Waals surface area contributed by atoms with E-state index in [1.54, 1.807) is 0 Å². The summed E-state index contributed by atoms with van der Waals surface area (Å²) >= 11 is 6.39. The van der Waals surface area contributed by atoms with Gasteiger partial charge in [0.1, 0.15) is 5.25 Å². The Kier molecular flexibility index (Phi) is 4.32. The van der Waals surface area contributed by atoms with Crippen LogP contribution in [-0.2, 0) is 11.0 Å². The van der Waals surface area contributed by atoms with E-state index in [0.29, 0.717) is 0 Å². The van der Waals surface area contributed by atoms with Gasteiger partial charge in [-0.05, 0) is 19.1 Å². The molecule has 0 amide bonds. The van der Waals surface area contributed by atoms with Crippen molar-refractivity contribution < 1.29 is 23.1 Å². The number of rotatable bonds is 3. The van der Waals surface area contributed by atoms with Gasteiger partial charge in [0.2, 0.25) is 0 Å². The van der Waals surface area contributed by atoms with E-state index < -0.39 is 28.0 Å². The second kappa shape index (κ2) is 5.18. The SMILES string of the molecule is CC(Sc1cccc(C(F)(F)F)c1Cl)C(=O)O. The van der Waals surface area contributed by atoms with Gasteiger partial charge in [-0.25, -0.2) is 0 Å². The maximum atomic E-state index is 12.5. The molecule has 0 aliphatic heterocycles. The van der Waals surface area contributed by atoms with Gasteiger partial charge >= 0.3 is 12.1 Å². The largest absolute Gasteiger partial charge is 0.480 e. The lowest BCUT2D eigenvalue weighted by Gasteiger charge is -2.13. The van der Waals surface area contributed by atoms with E-state index in [4.69, 9.17) is 16.7 Å². The predicted molar refractivity (Wildman–Crippen MR) is 59.4 cm³/mol. The molecule has 1 atom stereocenters. The molecule has 94 valence electrons. The molecule has 17 heavy (non-hydrogen) atoms. The Hall–Kier alpha value is -0.880. The summed E-state index contributed by atoms with van der Waals surface area (Å²) in [6.45, 7) is 1.38. The molecule has 0 spiro atoms. The Morgan fingerprint density at radius 3 is 2.53 bits per heavy atom. The minimum Gasteiger partial charge on any atom is -0.480 e. The summed E-state index contributed by atoms with van der Waals surface area (Å²) in [5, 5.41) is 7.35. The van der Waals surface area contributed by atoms with E-state index in [1.807, 2.05) is 0 Å². The molecule has 0 aliphatic rings. The third-order valence-corrected chi connectivity index (χ3v) is 3.59. The summed E-state index contributed by atoms with van der Waals surface area (Å²) in [5.74, 6) is -1.11.